The molecule has 0 atom stereocenters. The fourth-order valence-corrected chi connectivity index (χ4v) is 2.74. The van der Waals surface area contributed by atoms with Crippen LogP contribution in [0.15, 0.2) is 24.3 Å². The second kappa shape index (κ2) is 7.26. The average molecular weight is 307 g/mol. The van der Waals surface area contributed by atoms with Gasteiger partial charge in [0.25, 0.3) is 0 Å². The first-order valence-corrected chi connectivity index (χ1v) is 7.36. The van der Waals surface area contributed by atoms with Crippen molar-refractivity contribution in [2.45, 2.75) is 31.8 Å². The maximum absolute atomic E-state index is 12.6. The van der Waals surface area contributed by atoms with E-state index in [1.165, 1.54) is 4.90 Å². The van der Waals surface area contributed by atoms with Crippen LogP contribution in [-0.2, 0) is 9.59 Å². The molecule has 0 saturated heterocycles. The highest BCUT2D eigenvalue weighted by Gasteiger charge is 2.30. The van der Waals surface area contributed by atoms with Crippen molar-refractivity contribution in [3.05, 3.63) is 24.3 Å². The van der Waals surface area contributed by atoms with Crippen molar-refractivity contribution >= 4 is 17.6 Å². The number of carboxylic acids is 1. The van der Waals surface area contributed by atoms with E-state index in [1.54, 1.807) is 31.4 Å². The summed E-state index contributed by atoms with van der Waals surface area (Å²) in [5.41, 5.74) is 0.541. The third-order valence-electron chi connectivity index (χ3n) is 3.99. The summed E-state index contributed by atoms with van der Waals surface area (Å²) in [6, 6.07) is 6.75. The Morgan fingerprint density at radius 2 is 1.77 bits per heavy atom. The molecule has 1 aromatic rings. The zero-order valence-corrected chi connectivity index (χ0v) is 12.6. The third kappa shape index (κ3) is 3.98. The van der Waals surface area contributed by atoms with Crippen LogP contribution < -0.4 is 9.64 Å². The minimum atomic E-state index is -1.06. The summed E-state index contributed by atoms with van der Waals surface area (Å²) in [6.07, 6.45) is 2.00. The van der Waals surface area contributed by atoms with E-state index in [-0.39, 0.29) is 24.5 Å². The van der Waals surface area contributed by atoms with Gasteiger partial charge in [0.05, 0.1) is 13.2 Å². The van der Waals surface area contributed by atoms with Crippen molar-refractivity contribution in [2.24, 2.45) is 5.92 Å². The highest BCUT2D eigenvalue weighted by Crippen LogP contribution is 2.28. The molecule has 0 aliphatic heterocycles. The van der Waals surface area contributed by atoms with Crippen LogP contribution in [0.4, 0.5) is 5.69 Å². The zero-order chi connectivity index (χ0) is 16.1. The van der Waals surface area contributed by atoms with Crippen LogP contribution in [-0.4, -0.2) is 41.8 Å². The molecule has 120 valence electrons. The van der Waals surface area contributed by atoms with Gasteiger partial charge in [0.15, 0.2) is 0 Å². The van der Waals surface area contributed by atoms with Crippen LogP contribution >= 0.6 is 0 Å². The van der Waals surface area contributed by atoms with Gasteiger partial charge in [-0.15, -0.1) is 0 Å². The Balaban J connectivity index is 2.17. The first-order valence-electron chi connectivity index (χ1n) is 7.36. The van der Waals surface area contributed by atoms with Crippen LogP contribution in [0, 0.1) is 5.92 Å². The van der Waals surface area contributed by atoms with Gasteiger partial charge in [-0.2, -0.15) is 0 Å². The van der Waals surface area contributed by atoms with Gasteiger partial charge < -0.3 is 19.8 Å². The highest BCUT2D eigenvalue weighted by molar-refractivity contribution is 5.98. The number of rotatable bonds is 5. The topological polar surface area (TPSA) is 87.1 Å². The van der Waals surface area contributed by atoms with Crippen LogP contribution in [0.25, 0.3) is 0 Å². The van der Waals surface area contributed by atoms with Gasteiger partial charge in [-0.1, -0.05) is 0 Å². The molecular formula is C16H21NO5. The summed E-state index contributed by atoms with van der Waals surface area (Å²) < 4.78 is 5.07. The van der Waals surface area contributed by atoms with E-state index < -0.39 is 5.97 Å². The number of aliphatic carboxylic acids is 1. The highest BCUT2D eigenvalue weighted by atomic mass is 16.5. The van der Waals surface area contributed by atoms with E-state index in [0.717, 1.165) is 0 Å². The standard InChI is InChI=1S/C16H21NO5/c1-22-14-8-4-12(5-9-14)17(10-15(19)20)16(21)11-2-6-13(18)7-3-11/h4-5,8-9,11,13,18H,2-3,6-7,10H2,1H3,(H,19,20). The van der Waals surface area contributed by atoms with Gasteiger partial charge in [0.1, 0.15) is 12.3 Å². The summed E-state index contributed by atoms with van der Waals surface area (Å²) in [6.45, 7) is -0.371. The lowest BCUT2D eigenvalue weighted by atomic mass is 9.86. The number of carboxylic acid groups (broad SMARTS) is 1. The van der Waals surface area contributed by atoms with Gasteiger partial charge in [0.2, 0.25) is 5.91 Å². The SMILES string of the molecule is COc1ccc(N(CC(=O)O)C(=O)C2CCC(O)CC2)cc1. The van der Waals surface area contributed by atoms with Crippen molar-refractivity contribution in [3.8, 4) is 5.75 Å². The molecule has 0 radical (unpaired) electrons. The number of aliphatic hydroxyl groups is 1. The minimum absolute atomic E-state index is 0.195. The van der Waals surface area contributed by atoms with Crippen LogP contribution in [0.2, 0.25) is 0 Å². The van der Waals surface area contributed by atoms with E-state index in [2.05, 4.69) is 0 Å². The van der Waals surface area contributed by atoms with Gasteiger partial charge in [-0.25, -0.2) is 0 Å². The molecule has 2 rings (SSSR count). The molecule has 0 spiro atoms. The average Bonchev–Trinajstić information content (AvgIpc) is 2.53. The van der Waals surface area contributed by atoms with Crippen molar-refractivity contribution < 1.29 is 24.5 Å². The van der Waals surface area contributed by atoms with Gasteiger partial charge in [-0.05, 0) is 49.9 Å². The molecule has 1 fully saturated rings. The summed E-state index contributed by atoms with van der Waals surface area (Å²) >= 11 is 0. The first kappa shape index (κ1) is 16.3. The Labute approximate surface area is 129 Å². The van der Waals surface area contributed by atoms with Crippen molar-refractivity contribution in [1.29, 1.82) is 0 Å². The Kier molecular flexibility index (Phi) is 5.38. The third-order valence-corrected chi connectivity index (χ3v) is 3.99. The number of ether oxygens (including phenoxy) is 1. The lowest BCUT2D eigenvalue weighted by Crippen LogP contribution is -2.41. The molecule has 0 unspecified atom stereocenters. The zero-order valence-electron chi connectivity index (χ0n) is 12.6. The lowest BCUT2D eigenvalue weighted by Gasteiger charge is -2.30. The number of benzene rings is 1. The van der Waals surface area contributed by atoms with Crippen LogP contribution in [0.3, 0.4) is 0 Å². The maximum atomic E-state index is 12.6. The molecule has 1 aliphatic carbocycles. The molecule has 0 heterocycles. The number of amides is 1. The number of carbonyl (C=O) groups is 2. The van der Waals surface area contributed by atoms with E-state index in [0.29, 0.717) is 37.1 Å². The van der Waals surface area contributed by atoms with Crippen molar-refractivity contribution in [3.63, 3.8) is 0 Å². The van der Waals surface area contributed by atoms with E-state index in [9.17, 15) is 14.7 Å². The molecule has 0 bridgehead atoms. The smallest absolute Gasteiger partial charge is 0.323 e. The quantitative estimate of drug-likeness (QED) is 0.864. The second-order valence-corrected chi connectivity index (χ2v) is 5.52. The molecule has 6 nitrogen and oxygen atoms in total. The van der Waals surface area contributed by atoms with Gasteiger partial charge in [-0.3, -0.25) is 9.59 Å². The largest absolute Gasteiger partial charge is 0.497 e. The molecule has 6 heteroatoms. The predicted octanol–water partition coefficient (Wildman–Crippen LogP) is 1.66. The Morgan fingerprint density at radius 1 is 1.18 bits per heavy atom. The van der Waals surface area contributed by atoms with E-state index >= 15 is 0 Å². The number of carbonyl (C=O) groups excluding carboxylic acids is 1. The number of hydrogen-bond donors (Lipinski definition) is 2. The predicted molar refractivity (Wildman–Crippen MR) is 80.9 cm³/mol. The first-order chi connectivity index (χ1) is 10.5. The molecular weight excluding hydrogens is 286 g/mol. The number of hydrogen-bond acceptors (Lipinski definition) is 4. The van der Waals surface area contributed by atoms with Crippen LogP contribution in [0.5, 0.6) is 5.75 Å². The summed E-state index contributed by atoms with van der Waals surface area (Å²) in [5.74, 6) is -0.836. The molecule has 1 saturated carbocycles. The van der Waals surface area contributed by atoms with Gasteiger partial charge in [0, 0.05) is 11.6 Å². The molecule has 22 heavy (non-hydrogen) atoms. The maximum Gasteiger partial charge on any atom is 0.323 e. The van der Waals surface area contributed by atoms with Gasteiger partial charge >= 0.3 is 5.97 Å². The van der Waals surface area contributed by atoms with E-state index in [1.807, 2.05) is 0 Å². The normalized spacial score (nSPS) is 21.2. The number of nitrogens with zero attached hydrogens (tertiary/aromatic N) is 1. The number of anilines is 1. The molecule has 2 N–H and O–H groups in total. The minimum Gasteiger partial charge on any atom is -0.497 e. The monoisotopic (exact) mass is 307 g/mol. The molecule has 1 aliphatic rings. The van der Waals surface area contributed by atoms with E-state index in [4.69, 9.17) is 9.84 Å². The fourth-order valence-electron chi connectivity index (χ4n) is 2.74. The molecule has 1 aromatic carbocycles. The van der Waals surface area contributed by atoms with Crippen molar-refractivity contribution in [1.82, 2.24) is 0 Å². The summed E-state index contributed by atoms with van der Waals surface area (Å²) in [5, 5.41) is 18.6. The number of aliphatic hydroxyl groups excluding tert-OH is 1. The Bertz CT molecular complexity index is 520. The Hall–Kier alpha value is -2.08. The summed E-state index contributed by atoms with van der Waals surface area (Å²) in [7, 11) is 1.54. The van der Waals surface area contributed by atoms with Crippen molar-refractivity contribution in [2.75, 3.05) is 18.6 Å². The lowest BCUT2D eigenvalue weighted by molar-refractivity contribution is -0.137. The number of methoxy groups -OCH3 is 1. The molecule has 0 aromatic heterocycles. The van der Waals surface area contributed by atoms with Crippen LogP contribution in [0.1, 0.15) is 25.7 Å². The summed E-state index contributed by atoms with van der Waals surface area (Å²) in [4.78, 5) is 25.0. The Morgan fingerprint density at radius 3 is 2.27 bits per heavy atom. The fraction of sp³-hybridized carbons (Fsp3) is 0.500. The molecule has 1 amide bonds. The second-order valence-electron chi connectivity index (χ2n) is 5.52.